The minimum Gasteiger partial charge on any atom is -0.288 e. The highest BCUT2D eigenvalue weighted by Gasteiger charge is 2.17. The third kappa shape index (κ3) is 2.40. The first-order valence-electron chi connectivity index (χ1n) is 6.92. The second kappa shape index (κ2) is 5.40. The molecule has 0 amide bonds. The smallest absolute Gasteiger partial charge is 0.197 e. The van der Waals surface area contributed by atoms with Crippen LogP contribution in [0.2, 0.25) is 0 Å². The topological polar surface area (TPSA) is 55.7 Å². The summed E-state index contributed by atoms with van der Waals surface area (Å²) in [5, 5.41) is 9.12. The minimum absolute atomic E-state index is 0.0471. The number of hydrogen-bond donors (Lipinski definition) is 0. The average Bonchev–Trinajstić information content (AvgIpc) is 2.53. The highest BCUT2D eigenvalue weighted by atomic mass is 16.1. The van der Waals surface area contributed by atoms with Gasteiger partial charge in [0.2, 0.25) is 0 Å². The van der Waals surface area contributed by atoms with Gasteiger partial charge in [-0.15, -0.1) is 0 Å². The fourth-order valence-electron chi connectivity index (χ4n) is 2.40. The normalized spacial score (nSPS) is 10.8. The molecule has 0 saturated heterocycles. The highest BCUT2D eigenvalue weighted by Crippen LogP contribution is 2.21. The molecule has 2 aromatic heterocycles. The van der Waals surface area contributed by atoms with Crippen LogP contribution >= 0.6 is 0 Å². The van der Waals surface area contributed by atoms with Crippen LogP contribution in [0.3, 0.4) is 0 Å². The summed E-state index contributed by atoms with van der Waals surface area (Å²) in [5.41, 5.74) is 3.40. The van der Waals surface area contributed by atoms with E-state index in [1.807, 2.05) is 44.2 Å². The number of aryl methyl sites for hydroxylation is 2. The Bertz CT molecular complexity index is 822. The Labute approximate surface area is 122 Å². The van der Waals surface area contributed by atoms with Crippen molar-refractivity contribution in [2.75, 3.05) is 0 Å². The number of benzene rings is 1. The van der Waals surface area contributed by atoms with Gasteiger partial charge < -0.3 is 0 Å². The van der Waals surface area contributed by atoms with E-state index >= 15 is 0 Å². The van der Waals surface area contributed by atoms with E-state index in [4.69, 9.17) is 0 Å². The standard InChI is InChI=1S/C17H15N3O/c1-3-15-14(10-11(2)19-20-15)17(21)13-8-4-6-12-7-5-9-18-16(12)13/h4-10H,3H2,1-2H3. The fourth-order valence-corrected chi connectivity index (χ4v) is 2.40. The molecule has 104 valence electrons. The zero-order valence-electron chi connectivity index (χ0n) is 12.0. The van der Waals surface area contributed by atoms with Crippen molar-refractivity contribution < 1.29 is 4.79 Å². The Hall–Kier alpha value is -2.62. The Balaban J connectivity index is 2.20. The average molecular weight is 277 g/mol. The highest BCUT2D eigenvalue weighted by molar-refractivity contribution is 6.16. The number of fused-ring (bicyclic) bond motifs is 1. The van der Waals surface area contributed by atoms with E-state index in [1.54, 1.807) is 12.3 Å². The number of nitrogens with zero attached hydrogens (tertiary/aromatic N) is 3. The number of carbonyl (C=O) groups is 1. The van der Waals surface area contributed by atoms with Crippen LogP contribution in [-0.2, 0) is 6.42 Å². The van der Waals surface area contributed by atoms with Crippen LogP contribution in [0.15, 0.2) is 42.6 Å². The van der Waals surface area contributed by atoms with Gasteiger partial charge in [0.25, 0.3) is 0 Å². The molecule has 4 nitrogen and oxygen atoms in total. The lowest BCUT2D eigenvalue weighted by molar-refractivity contribution is 0.103. The molecular weight excluding hydrogens is 262 g/mol. The van der Waals surface area contributed by atoms with Gasteiger partial charge in [-0.3, -0.25) is 9.78 Å². The first-order valence-corrected chi connectivity index (χ1v) is 6.92. The van der Waals surface area contributed by atoms with Crippen LogP contribution in [0.4, 0.5) is 0 Å². The zero-order valence-corrected chi connectivity index (χ0v) is 12.0. The first kappa shape index (κ1) is 13.4. The van der Waals surface area contributed by atoms with Crippen LogP contribution < -0.4 is 0 Å². The molecule has 2 heterocycles. The van der Waals surface area contributed by atoms with Crippen molar-refractivity contribution in [1.82, 2.24) is 15.2 Å². The summed E-state index contributed by atoms with van der Waals surface area (Å²) in [6, 6.07) is 11.3. The van der Waals surface area contributed by atoms with E-state index < -0.39 is 0 Å². The summed E-state index contributed by atoms with van der Waals surface area (Å²) in [5.74, 6) is -0.0471. The molecule has 3 aromatic rings. The summed E-state index contributed by atoms with van der Waals surface area (Å²) in [4.78, 5) is 17.2. The zero-order chi connectivity index (χ0) is 14.8. The van der Waals surface area contributed by atoms with E-state index in [2.05, 4.69) is 15.2 Å². The van der Waals surface area contributed by atoms with Crippen LogP contribution in [-0.4, -0.2) is 21.0 Å². The Morgan fingerprint density at radius 3 is 2.71 bits per heavy atom. The molecule has 0 saturated carbocycles. The van der Waals surface area contributed by atoms with Gasteiger partial charge >= 0.3 is 0 Å². The summed E-state index contributed by atoms with van der Waals surface area (Å²) in [7, 11) is 0. The summed E-state index contributed by atoms with van der Waals surface area (Å²) in [6.45, 7) is 3.81. The van der Waals surface area contributed by atoms with Gasteiger partial charge in [-0.2, -0.15) is 10.2 Å². The predicted octanol–water partition coefficient (Wildman–Crippen LogP) is 3.13. The molecule has 0 unspecified atom stereocenters. The van der Waals surface area contributed by atoms with Crippen molar-refractivity contribution >= 4 is 16.7 Å². The van der Waals surface area contributed by atoms with E-state index in [0.29, 0.717) is 17.5 Å². The van der Waals surface area contributed by atoms with E-state index in [9.17, 15) is 4.79 Å². The van der Waals surface area contributed by atoms with E-state index in [1.165, 1.54) is 0 Å². The van der Waals surface area contributed by atoms with Gasteiger partial charge in [0, 0.05) is 22.7 Å². The van der Waals surface area contributed by atoms with Crippen molar-refractivity contribution in [2.24, 2.45) is 0 Å². The number of para-hydroxylation sites is 1. The molecule has 0 aliphatic heterocycles. The second-order valence-electron chi connectivity index (χ2n) is 4.91. The molecule has 0 atom stereocenters. The SMILES string of the molecule is CCc1nnc(C)cc1C(=O)c1cccc2cccnc12. The van der Waals surface area contributed by atoms with Gasteiger partial charge in [-0.1, -0.05) is 25.1 Å². The third-order valence-corrected chi connectivity index (χ3v) is 3.45. The summed E-state index contributed by atoms with van der Waals surface area (Å²) in [6.07, 6.45) is 2.38. The molecular formula is C17H15N3O. The lowest BCUT2D eigenvalue weighted by Crippen LogP contribution is -2.10. The molecule has 21 heavy (non-hydrogen) atoms. The summed E-state index contributed by atoms with van der Waals surface area (Å²) >= 11 is 0. The van der Waals surface area contributed by atoms with Crippen LogP contribution in [0.5, 0.6) is 0 Å². The minimum atomic E-state index is -0.0471. The van der Waals surface area contributed by atoms with E-state index in [0.717, 1.165) is 22.3 Å². The summed E-state index contributed by atoms with van der Waals surface area (Å²) < 4.78 is 0. The molecule has 0 N–H and O–H groups in total. The van der Waals surface area contributed by atoms with Gasteiger partial charge in [-0.25, -0.2) is 0 Å². The maximum atomic E-state index is 12.9. The second-order valence-corrected chi connectivity index (χ2v) is 4.91. The fraction of sp³-hybridized carbons (Fsp3) is 0.176. The predicted molar refractivity (Wildman–Crippen MR) is 81.3 cm³/mol. The van der Waals surface area contributed by atoms with Crippen LogP contribution in [0.25, 0.3) is 10.9 Å². The molecule has 4 heteroatoms. The number of aromatic nitrogens is 3. The van der Waals surface area contributed by atoms with Gasteiger partial charge in [0.05, 0.1) is 16.9 Å². The molecule has 0 radical (unpaired) electrons. The maximum Gasteiger partial charge on any atom is 0.197 e. The molecule has 0 aliphatic carbocycles. The number of hydrogen-bond acceptors (Lipinski definition) is 4. The first-order chi connectivity index (χ1) is 10.2. The molecule has 0 fully saturated rings. The number of ketones is 1. The molecule has 3 rings (SSSR count). The maximum absolute atomic E-state index is 12.9. The molecule has 0 aliphatic rings. The largest absolute Gasteiger partial charge is 0.288 e. The van der Waals surface area contributed by atoms with Crippen molar-refractivity contribution in [3.63, 3.8) is 0 Å². The Kier molecular flexibility index (Phi) is 3.44. The van der Waals surface area contributed by atoms with E-state index in [-0.39, 0.29) is 5.78 Å². The lowest BCUT2D eigenvalue weighted by atomic mass is 9.98. The Morgan fingerprint density at radius 1 is 1.10 bits per heavy atom. The quantitative estimate of drug-likeness (QED) is 0.690. The van der Waals surface area contributed by atoms with Crippen LogP contribution in [0.1, 0.15) is 34.2 Å². The van der Waals surface area contributed by atoms with Gasteiger partial charge in [0.15, 0.2) is 5.78 Å². The van der Waals surface area contributed by atoms with Crippen LogP contribution in [0, 0.1) is 6.92 Å². The number of pyridine rings is 1. The van der Waals surface area contributed by atoms with Gasteiger partial charge in [-0.05, 0) is 31.5 Å². The van der Waals surface area contributed by atoms with Crippen molar-refractivity contribution in [3.05, 3.63) is 65.1 Å². The number of rotatable bonds is 3. The molecule has 0 spiro atoms. The number of carbonyl (C=O) groups excluding carboxylic acids is 1. The van der Waals surface area contributed by atoms with Crippen molar-refractivity contribution in [1.29, 1.82) is 0 Å². The van der Waals surface area contributed by atoms with Gasteiger partial charge in [0.1, 0.15) is 0 Å². The molecule has 0 bridgehead atoms. The Morgan fingerprint density at radius 2 is 1.90 bits per heavy atom. The van der Waals surface area contributed by atoms with Crippen molar-refractivity contribution in [3.8, 4) is 0 Å². The lowest BCUT2D eigenvalue weighted by Gasteiger charge is -2.08. The third-order valence-electron chi connectivity index (χ3n) is 3.45. The molecule has 1 aromatic carbocycles. The van der Waals surface area contributed by atoms with Crippen molar-refractivity contribution in [2.45, 2.75) is 20.3 Å². The monoisotopic (exact) mass is 277 g/mol.